The molecule has 0 N–H and O–H groups in total. The van der Waals surface area contributed by atoms with Crippen molar-refractivity contribution in [2.75, 3.05) is 66.1 Å². The van der Waals surface area contributed by atoms with Crippen molar-refractivity contribution in [2.24, 2.45) is 0 Å². The summed E-state index contributed by atoms with van der Waals surface area (Å²) in [6.45, 7) is 10.3. The lowest BCUT2D eigenvalue weighted by Gasteiger charge is -2.35. The van der Waals surface area contributed by atoms with E-state index in [0.29, 0.717) is 6.10 Å². The van der Waals surface area contributed by atoms with Crippen molar-refractivity contribution in [2.45, 2.75) is 31.1 Å². The van der Waals surface area contributed by atoms with Crippen molar-refractivity contribution in [3.8, 4) is 0 Å². The fraction of sp³-hybridized carbons (Fsp3) is 0.714. The molecule has 3 saturated heterocycles. The molecule has 2 atom stereocenters. The first-order chi connectivity index (χ1) is 12.7. The van der Waals surface area contributed by atoms with Gasteiger partial charge in [-0.25, -0.2) is 0 Å². The van der Waals surface area contributed by atoms with Gasteiger partial charge in [-0.3, -0.25) is 9.80 Å². The zero-order valence-electron chi connectivity index (χ0n) is 16.1. The Balaban J connectivity index is 1.33. The zero-order valence-corrected chi connectivity index (χ0v) is 16.1. The molecule has 5 heteroatoms. The van der Waals surface area contributed by atoms with Gasteiger partial charge in [-0.05, 0) is 25.5 Å². The Kier molecular flexibility index (Phi) is 5.91. The molecular formula is C21H33N3O2. The molecule has 3 aliphatic rings. The summed E-state index contributed by atoms with van der Waals surface area (Å²) in [6.07, 6.45) is 2.64. The summed E-state index contributed by atoms with van der Waals surface area (Å²) < 4.78 is 12.6. The Morgan fingerprint density at radius 3 is 2.65 bits per heavy atom. The lowest BCUT2D eigenvalue weighted by Crippen LogP contribution is -2.48. The minimum atomic E-state index is -0.109. The van der Waals surface area contributed by atoms with E-state index < -0.39 is 0 Å². The lowest BCUT2D eigenvalue weighted by atomic mass is 9.99. The van der Waals surface area contributed by atoms with Crippen LogP contribution in [0.3, 0.4) is 0 Å². The Bertz CT molecular complexity index is 562. The number of ether oxygens (including phenoxy) is 2. The molecule has 1 spiro atoms. The highest BCUT2D eigenvalue weighted by Gasteiger charge is 2.43. The third-order valence-electron chi connectivity index (χ3n) is 6.07. The Morgan fingerprint density at radius 1 is 1.04 bits per heavy atom. The highest BCUT2D eigenvalue weighted by molar-refractivity contribution is 5.14. The van der Waals surface area contributed by atoms with Crippen LogP contribution >= 0.6 is 0 Å². The highest BCUT2D eigenvalue weighted by Crippen LogP contribution is 2.34. The van der Waals surface area contributed by atoms with Gasteiger partial charge in [0.1, 0.15) is 5.60 Å². The van der Waals surface area contributed by atoms with Crippen LogP contribution in [0, 0.1) is 0 Å². The van der Waals surface area contributed by atoms with E-state index in [0.717, 1.165) is 52.2 Å². The zero-order chi connectivity index (χ0) is 17.8. The predicted molar refractivity (Wildman–Crippen MR) is 103 cm³/mol. The number of piperazine rings is 1. The fourth-order valence-corrected chi connectivity index (χ4v) is 4.53. The van der Waals surface area contributed by atoms with Crippen molar-refractivity contribution < 1.29 is 9.47 Å². The monoisotopic (exact) mass is 359 g/mol. The first-order valence-corrected chi connectivity index (χ1v) is 10.1. The van der Waals surface area contributed by atoms with Gasteiger partial charge < -0.3 is 14.4 Å². The summed E-state index contributed by atoms with van der Waals surface area (Å²) in [7, 11) is 2.21. The second-order valence-electron chi connectivity index (χ2n) is 8.31. The van der Waals surface area contributed by atoms with E-state index in [-0.39, 0.29) is 5.60 Å². The smallest absolute Gasteiger partial charge is 0.105 e. The molecule has 0 amide bonds. The van der Waals surface area contributed by atoms with E-state index in [1.165, 1.54) is 31.7 Å². The molecule has 3 fully saturated rings. The molecule has 0 bridgehead atoms. The van der Waals surface area contributed by atoms with Gasteiger partial charge in [0.05, 0.1) is 19.3 Å². The van der Waals surface area contributed by atoms with E-state index in [2.05, 4.69) is 52.1 Å². The molecule has 0 saturated carbocycles. The third-order valence-corrected chi connectivity index (χ3v) is 6.07. The van der Waals surface area contributed by atoms with Crippen LogP contribution in [0.5, 0.6) is 0 Å². The third kappa shape index (κ3) is 4.65. The van der Waals surface area contributed by atoms with Crippen LogP contribution in [0.25, 0.3) is 0 Å². The molecule has 26 heavy (non-hydrogen) atoms. The minimum absolute atomic E-state index is 0.109. The van der Waals surface area contributed by atoms with Crippen LogP contribution in [-0.2, 0) is 16.0 Å². The van der Waals surface area contributed by atoms with Gasteiger partial charge in [-0.2, -0.15) is 0 Å². The average molecular weight is 360 g/mol. The highest BCUT2D eigenvalue weighted by atomic mass is 16.6. The van der Waals surface area contributed by atoms with Crippen LogP contribution in [0.1, 0.15) is 18.4 Å². The van der Waals surface area contributed by atoms with Crippen LogP contribution in [0.2, 0.25) is 0 Å². The van der Waals surface area contributed by atoms with E-state index in [9.17, 15) is 0 Å². The molecule has 3 heterocycles. The van der Waals surface area contributed by atoms with Crippen LogP contribution in [-0.4, -0.2) is 92.5 Å². The first-order valence-electron chi connectivity index (χ1n) is 10.1. The summed E-state index contributed by atoms with van der Waals surface area (Å²) in [5, 5.41) is 0. The van der Waals surface area contributed by atoms with Gasteiger partial charge >= 0.3 is 0 Å². The lowest BCUT2D eigenvalue weighted by molar-refractivity contribution is -0.0938. The van der Waals surface area contributed by atoms with Crippen molar-refractivity contribution in [3.05, 3.63) is 35.9 Å². The molecule has 0 unspecified atom stereocenters. The Morgan fingerprint density at radius 2 is 1.85 bits per heavy atom. The van der Waals surface area contributed by atoms with Gasteiger partial charge in [0.2, 0.25) is 0 Å². The quantitative estimate of drug-likeness (QED) is 0.816. The largest absolute Gasteiger partial charge is 0.377 e. The number of likely N-dealkylation sites (N-methyl/N-ethyl adjacent to an activating group) is 1. The van der Waals surface area contributed by atoms with Crippen molar-refractivity contribution in [1.82, 2.24) is 14.7 Å². The molecular weight excluding hydrogens is 326 g/mol. The van der Waals surface area contributed by atoms with E-state index in [1.807, 2.05) is 0 Å². The molecule has 144 valence electrons. The SMILES string of the molecule is CN1CCN(C[C@@H]2CC[C@]3(COCCN(Cc4ccccc4)C3)O2)CC1. The predicted octanol–water partition coefficient (Wildman–Crippen LogP) is 1.68. The maximum absolute atomic E-state index is 6.65. The molecule has 1 aromatic carbocycles. The van der Waals surface area contributed by atoms with Gasteiger partial charge in [-0.15, -0.1) is 0 Å². The fourth-order valence-electron chi connectivity index (χ4n) is 4.53. The summed E-state index contributed by atoms with van der Waals surface area (Å²) in [5.41, 5.74) is 1.26. The number of rotatable bonds is 4. The average Bonchev–Trinajstić information content (AvgIpc) is 2.92. The molecule has 0 aliphatic carbocycles. The van der Waals surface area contributed by atoms with Gasteiger partial charge in [0.15, 0.2) is 0 Å². The number of hydrogen-bond acceptors (Lipinski definition) is 5. The van der Waals surface area contributed by atoms with Crippen molar-refractivity contribution in [1.29, 1.82) is 0 Å². The number of nitrogens with zero attached hydrogens (tertiary/aromatic N) is 3. The second-order valence-corrected chi connectivity index (χ2v) is 8.31. The maximum atomic E-state index is 6.65. The summed E-state index contributed by atoms with van der Waals surface area (Å²) in [6, 6.07) is 10.8. The van der Waals surface area contributed by atoms with Crippen LogP contribution < -0.4 is 0 Å². The Hall–Kier alpha value is -0.980. The summed E-state index contributed by atoms with van der Waals surface area (Å²) in [5.74, 6) is 0. The summed E-state index contributed by atoms with van der Waals surface area (Å²) >= 11 is 0. The maximum Gasteiger partial charge on any atom is 0.105 e. The van der Waals surface area contributed by atoms with Crippen molar-refractivity contribution >= 4 is 0 Å². The van der Waals surface area contributed by atoms with E-state index in [4.69, 9.17) is 9.47 Å². The number of benzene rings is 1. The normalized spacial score (nSPS) is 32.1. The molecule has 5 nitrogen and oxygen atoms in total. The van der Waals surface area contributed by atoms with Crippen LogP contribution in [0.4, 0.5) is 0 Å². The van der Waals surface area contributed by atoms with E-state index >= 15 is 0 Å². The molecule has 0 radical (unpaired) electrons. The Labute approximate surface area is 157 Å². The van der Waals surface area contributed by atoms with Crippen LogP contribution in [0.15, 0.2) is 30.3 Å². The summed E-state index contributed by atoms with van der Waals surface area (Å²) in [4.78, 5) is 7.50. The minimum Gasteiger partial charge on any atom is -0.377 e. The number of hydrogen-bond donors (Lipinski definition) is 0. The van der Waals surface area contributed by atoms with Gasteiger partial charge in [0, 0.05) is 52.4 Å². The molecule has 0 aromatic heterocycles. The first kappa shape index (κ1) is 18.4. The molecule has 4 rings (SSSR count). The van der Waals surface area contributed by atoms with Gasteiger partial charge in [0.25, 0.3) is 0 Å². The van der Waals surface area contributed by atoms with Gasteiger partial charge in [-0.1, -0.05) is 30.3 Å². The molecule has 3 aliphatic heterocycles. The van der Waals surface area contributed by atoms with E-state index in [1.54, 1.807) is 0 Å². The van der Waals surface area contributed by atoms with Crippen molar-refractivity contribution in [3.63, 3.8) is 0 Å². The second kappa shape index (κ2) is 8.36. The topological polar surface area (TPSA) is 28.2 Å². The molecule has 1 aromatic rings. The standard InChI is InChI=1S/C21H33N3O2/c1-22-9-11-23(12-10-22)16-20-7-8-21(26-20)17-24(13-14-25-18-21)15-19-5-3-2-4-6-19/h2-6,20H,7-18H2,1H3/t20-,21-/m0/s1.